The average Bonchev–Trinajstić information content (AvgIpc) is 2.07. The van der Waals surface area contributed by atoms with E-state index in [9.17, 15) is 9.18 Å². The Hall–Kier alpha value is -1.09. The largest absolute Gasteiger partial charge is 0.352 e. The van der Waals surface area contributed by atoms with E-state index in [-0.39, 0.29) is 11.6 Å². The predicted molar refractivity (Wildman–Crippen MR) is 48.6 cm³/mol. The van der Waals surface area contributed by atoms with E-state index in [4.69, 9.17) is 11.6 Å². The van der Waals surface area contributed by atoms with Gasteiger partial charge in [-0.15, -0.1) is 0 Å². The number of benzene rings is 1. The molecule has 0 heterocycles. The highest BCUT2D eigenvalue weighted by Gasteiger charge is 2.05. The Morgan fingerprint density at radius 3 is 2.92 bits per heavy atom. The molecule has 1 aromatic rings. The summed E-state index contributed by atoms with van der Waals surface area (Å²) in [5.41, 5.74) is 0.351. The molecule has 4 heteroatoms. The summed E-state index contributed by atoms with van der Waals surface area (Å²) in [4.78, 5) is 10.4. The van der Waals surface area contributed by atoms with Gasteiger partial charge in [-0.2, -0.15) is 0 Å². The van der Waals surface area contributed by atoms with Crippen molar-refractivity contribution in [1.29, 1.82) is 0 Å². The molecule has 1 radical (unpaired) electrons. The Morgan fingerprint density at radius 1 is 1.62 bits per heavy atom. The fraction of sp³-hybridized carbons (Fsp3) is 0.111. The van der Waals surface area contributed by atoms with Crippen molar-refractivity contribution in [2.75, 3.05) is 0 Å². The van der Waals surface area contributed by atoms with Crippen molar-refractivity contribution in [1.82, 2.24) is 5.32 Å². The molecule has 0 atom stereocenters. The molecule has 1 N–H and O–H groups in total. The molecule has 0 unspecified atom stereocenters. The Labute approximate surface area is 80.7 Å². The fourth-order valence-corrected chi connectivity index (χ4v) is 1.07. The number of carbonyl (C=O) groups is 1. The maximum atomic E-state index is 13.1. The van der Waals surface area contributed by atoms with Gasteiger partial charge >= 0.3 is 0 Å². The third-order valence-electron chi connectivity index (χ3n) is 1.51. The van der Waals surface area contributed by atoms with E-state index in [0.29, 0.717) is 5.56 Å². The minimum atomic E-state index is -0.502. The van der Waals surface area contributed by atoms with Gasteiger partial charge in [-0.1, -0.05) is 23.7 Å². The molecule has 0 aliphatic heterocycles. The molecule has 1 aromatic carbocycles. The van der Waals surface area contributed by atoms with E-state index in [1.165, 1.54) is 6.07 Å². The smallest absolute Gasteiger partial charge is 0.220 e. The Balaban J connectivity index is 2.77. The van der Waals surface area contributed by atoms with Gasteiger partial charge in [0.2, 0.25) is 5.91 Å². The molecule has 0 aromatic heterocycles. The number of amides is 1. The fourth-order valence-electron chi connectivity index (χ4n) is 0.879. The summed E-state index contributed by atoms with van der Waals surface area (Å²) >= 11 is 5.53. The molecular formula is C9H8ClFNO. The van der Waals surface area contributed by atoms with Gasteiger partial charge in [-0.25, -0.2) is 4.39 Å². The van der Waals surface area contributed by atoms with Crippen molar-refractivity contribution in [2.45, 2.75) is 6.54 Å². The second kappa shape index (κ2) is 4.23. The summed E-state index contributed by atoms with van der Waals surface area (Å²) in [5.74, 6) is -0.947. The number of hydrogen-bond acceptors (Lipinski definition) is 1. The van der Waals surface area contributed by atoms with Gasteiger partial charge in [0.1, 0.15) is 5.82 Å². The van der Waals surface area contributed by atoms with Crippen LogP contribution in [0.5, 0.6) is 0 Å². The molecule has 0 saturated carbocycles. The second-order valence-electron chi connectivity index (χ2n) is 2.49. The molecule has 1 rings (SSSR count). The lowest BCUT2D eigenvalue weighted by Crippen LogP contribution is -2.19. The minimum absolute atomic E-state index is 0.0517. The average molecular weight is 201 g/mol. The third-order valence-corrected chi connectivity index (χ3v) is 1.80. The van der Waals surface area contributed by atoms with Gasteiger partial charge in [0.25, 0.3) is 0 Å². The topological polar surface area (TPSA) is 29.1 Å². The summed E-state index contributed by atoms with van der Waals surface area (Å²) in [7, 11) is 0. The summed E-state index contributed by atoms with van der Waals surface area (Å²) in [5, 5.41) is 2.43. The van der Waals surface area contributed by atoms with Crippen LogP contribution >= 0.6 is 11.6 Å². The zero-order valence-corrected chi connectivity index (χ0v) is 7.57. The van der Waals surface area contributed by atoms with E-state index < -0.39 is 11.7 Å². The first-order valence-corrected chi connectivity index (χ1v) is 4.01. The number of nitrogens with one attached hydrogen (secondary N) is 1. The molecule has 0 aliphatic carbocycles. The molecule has 0 aliphatic rings. The molecule has 0 fully saturated rings. The van der Waals surface area contributed by atoms with Gasteiger partial charge in [0.15, 0.2) is 0 Å². The van der Waals surface area contributed by atoms with Crippen LogP contribution < -0.4 is 5.32 Å². The molecule has 13 heavy (non-hydrogen) atoms. The molecule has 1 amide bonds. The highest BCUT2D eigenvalue weighted by atomic mass is 35.5. The highest BCUT2D eigenvalue weighted by Crippen LogP contribution is 2.17. The molecular weight excluding hydrogens is 193 g/mol. The van der Waals surface area contributed by atoms with Crippen LogP contribution in [0.15, 0.2) is 18.2 Å². The first kappa shape index (κ1) is 9.99. The van der Waals surface area contributed by atoms with E-state index in [0.717, 1.165) is 0 Å². The van der Waals surface area contributed by atoms with Gasteiger partial charge < -0.3 is 5.32 Å². The van der Waals surface area contributed by atoms with Crippen molar-refractivity contribution >= 4 is 17.5 Å². The highest BCUT2D eigenvalue weighted by molar-refractivity contribution is 6.30. The van der Waals surface area contributed by atoms with E-state index in [1.807, 2.05) is 0 Å². The lowest BCUT2D eigenvalue weighted by molar-refractivity contribution is -0.116. The number of hydrogen-bond donors (Lipinski definition) is 1. The quantitative estimate of drug-likeness (QED) is 0.777. The van der Waals surface area contributed by atoms with Crippen LogP contribution in [0, 0.1) is 12.7 Å². The third kappa shape index (κ3) is 2.70. The lowest BCUT2D eigenvalue weighted by atomic mass is 10.2. The SMILES string of the molecule is [CH2]C(=O)NCc1cccc(Cl)c1F. The monoisotopic (exact) mass is 200 g/mol. The molecule has 0 spiro atoms. The maximum Gasteiger partial charge on any atom is 0.220 e. The summed E-state index contributed by atoms with van der Waals surface area (Å²) < 4.78 is 13.1. The molecule has 0 bridgehead atoms. The van der Waals surface area contributed by atoms with Crippen molar-refractivity contribution in [2.24, 2.45) is 0 Å². The van der Waals surface area contributed by atoms with Crippen LogP contribution in [0.25, 0.3) is 0 Å². The van der Waals surface area contributed by atoms with E-state index >= 15 is 0 Å². The normalized spacial score (nSPS) is 9.77. The van der Waals surface area contributed by atoms with Crippen LogP contribution in [0.4, 0.5) is 4.39 Å². The Morgan fingerprint density at radius 2 is 2.31 bits per heavy atom. The van der Waals surface area contributed by atoms with Gasteiger partial charge in [-0.3, -0.25) is 4.79 Å². The number of halogens is 2. The minimum Gasteiger partial charge on any atom is -0.352 e. The van der Waals surface area contributed by atoms with Crippen molar-refractivity contribution in [3.05, 3.63) is 41.5 Å². The second-order valence-corrected chi connectivity index (χ2v) is 2.90. The molecule has 69 valence electrons. The number of rotatable bonds is 2. The van der Waals surface area contributed by atoms with Crippen LogP contribution in [-0.4, -0.2) is 5.91 Å². The zero-order chi connectivity index (χ0) is 9.84. The van der Waals surface area contributed by atoms with Gasteiger partial charge in [0.05, 0.1) is 5.02 Å². The summed E-state index contributed by atoms with van der Waals surface area (Å²) in [6, 6.07) is 4.62. The van der Waals surface area contributed by atoms with Crippen molar-refractivity contribution in [3.63, 3.8) is 0 Å². The van der Waals surface area contributed by atoms with E-state index in [1.54, 1.807) is 12.1 Å². The first-order valence-electron chi connectivity index (χ1n) is 3.64. The Kier molecular flexibility index (Phi) is 3.25. The molecule has 2 nitrogen and oxygen atoms in total. The van der Waals surface area contributed by atoms with Gasteiger partial charge in [-0.05, 0) is 6.07 Å². The van der Waals surface area contributed by atoms with Crippen LogP contribution in [-0.2, 0) is 11.3 Å². The lowest BCUT2D eigenvalue weighted by Gasteiger charge is -2.04. The van der Waals surface area contributed by atoms with Crippen molar-refractivity contribution in [3.8, 4) is 0 Å². The summed E-state index contributed by atoms with van der Waals surface area (Å²) in [6.07, 6.45) is 0. The predicted octanol–water partition coefficient (Wildman–Crippen LogP) is 1.93. The Bertz CT molecular complexity index is 327. The van der Waals surface area contributed by atoms with Crippen LogP contribution in [0.3, 0.4) is 0 Å². The summed E-state index contributed by atoms with van der Waals surface area (Å²) in [6.45, 7) is 3.21. The van der Waals surface area contributed by atoms with Crippen molar-refractivity contribution < 1.29 is 9.18 Å². The van der Waals surface area contributed by atoms with Crippen LogP contribution in [0.1, 0.15) is 5.56 Å². The standard InChI is InChI=1S/C9H8ClFNO/c1-6(13)12-5-7-3-2-4-8(10)9(7)11/h2-4H,1,5H2,(H,12,13). The van der Waals surface area contributed by atoms with E-state index in [2.05, 4.69) is 12.2 Å². The maximum absolute atomic E-state index is 13.1. The van der Waals surface area contributed by atoms with Gasteiger partial charge in [0, 0.05) is 19.0 Å². The zero-order valence-electron chi connectivity index (χ0n) is 6.81. The molecule has 0 saturated heterocycles. The number of carbonyl (C=O) groups excluding carboxylic acids is 1. The first-order chi connectivity index (χ1) is 6.11. The van der Waals surface area contributed by atoms with Crippen LogP contribution in [0.2, 0.25) is 5.02 Å².